The van der Waals surface area contributed by atoms with E-state index in [0.717, 1.165) is 0 Å². The molecule has 0 bridgehead atoms. The van der Waals surface area contributed by atoms with Gasteiger partial charge in [-0.3, -0.25) is 9.59 Å². The number of carbonyl (C=O) groups is 2. The van der Waals surface area contributed by atoms with Gasteiger partial charge in [0.1, 0.15) is 11.4 Å². The number of esters is 1. The summed E-state index contributed by atoms with van der Waals surface area (Å²) in [5.41, 5.74) is 5.98. The van der Waals surface area contributed by atoms with Gasteiger partial charge >= 0.3 is 5.97 Å². The number of likely N-dealkylation sites (N-methyl/N-ethyl adjacent to an activating group) is 1. The summed E-state index contributed by atoms with van der Waals surface area (Å²) in [7, 11) is 0. The molecule has 20 heavy (non-hydrogen) atoms. The van der Waals surface area contributed by atoms with Gasteiger partial charge in [-0.25, -0.2) is 0 Å². The number of carbonyl (C=O) groups excluding carboxylic acids is 2. The van der Waals surface area contributed by atoms with Crippen molar-refractivity contribution in [2.75, 3.05) is 26.2 Å². The molecule has 6 heteroatoms. The first-order valence-electron chi connectivity index (χ1n) is 6.35. The van der Waals surface area contributed by atoms with Crippen molar-refractivity contribution in [1.29, 1.82) is 0 Å². The molecule has 0 spiro atoms. The van der Waals surface area contributed by atoms with Gasteiger partial charge in [0.25, 0.3) is 5.91 Å². The summed E-state index contributed by atoms with van der Waals surface area (Å²) >= 11 is 1.31. The third kappa shape index (κ3) is 4.37. The Hall–Kier alpha value is -1.84. The largest absolute Gasteiger partial charge is 0.465 e. The van der Waals surface area contributed by atoms with Crippen LogP contribution in [0.15, 0.2) is 11.4 Å². The molecule has 0 aliphatic heterocycles. The molecular weight excluding hydrogens is 276 g/mol. The number of rotatable bonds is 5. The van der Waals surface area contributed by atoms with Crippen molar-refractivity contribution < 1.29 is 14.3 Å². The number of thiophene rings is 1. The second-order valence-electron chi connectivity index (χ2n) is 3.79. The van der Waals surface area contributed by atoms with E-state index in [4.69, 9.17) is 10.5 Å². The van der Waals surface area contributed by atoms with Crippen LogP contribution in [-0.4, -0.2) is 43.0 Å². The van der Waals surface area contributed by atoms with Crippen molar-refractivity contribution in [3.05, 3.63) is 21.9 Å². The molecule has 0 saturated carbocycles. The van der Waals surface area contributed by atoms with Crippen LogP contribution in [0.25, 0.3) is 0 Å². The molecule has 1 amide bonds. The second kappa shape index (κ2) is 8.35. The molecule has 0 aromatic carbocycles. The van der Waals surface area contributed by atoms with Crippen LogP contribution in [0, 0.1) is 11.8 Å². The molecule has 0 aliphatic carbocycles. The Morgan fingerprint density at radius 2 is 2.20 bits per heavy atom. The molecular formula is C14H18N2O3S. The van der Waals surface area contributed by atoms with Crippen LogP contribution < -0.4 is 5.73 Å². The predicted molar refractivity (Wildman–Crippen MR) is 78.5 cm³/mol. The molecule has 2 N–H and O–H groups in total. The quantitative estimate of drug-likeness (QED) is 0.651. The zero-order chi connectivity index (χ0) is 15.0. The zero-order valence-electron chi connectivity index (χ0n) is 11.6. The first kappa shape index (κ1) is 16.2. The van der Waals surface area contributed by atoms with E-state index in [0.29, 0.717) is 23.6 Å². The summed E-state index contributed by atoms with van der Waals surface area (Å²) in [6.07, 6.45) is 0. The molecule has 1 aromatic rings. The van der Waals surface area contributed by atoms with Crippen LogP contribution in [0.1, 0.15) is 29.1 Å². The zero-order valence-corrected chi connectivity index (χ0v) is 12.5. The Kier molecular flexibility index (Phi) is 6.77. The molecule has 1 heterocycles. The molecule has 0 aliphatic rings. The lowest BCUT2D eigenvalue weighted by molar-refractivity contribution is -0.143. The lowest BCUT2D eigenvalue weighted by Crippen LogP contribution is -2.36. The highest BCUT2D eigenvalue weighted by Gasteiger charge is 2.21. The van der Waals surface area contributed by atoms with Crippen LogP contribution in [0.5, 0.6) is 0 Å². The van der Waals surface area contributed by atoms with Gasteiger partial charge in [0.05, 0.1) is 13.2 Å². The summed E-state index contributed by atoms with van der Waals surface area (Å²) in [5, 5.41) is 1.80. The average Bonchev–Trinajstić information content (AvgIpc) is 2.90. The van der Waals surface area contributed by atoms with Crippen molar-refractivity contribution in [3.63, 3.8) is 0 Å². The van der Waals surface area contributed by atoms with Gasteiger partial charge in [-0.15, -0.1) is 11.3 Å². The smallest absolute Gasteiger partial charge is 0.325 e. The summed E-state index contributed by atoms with van der Waals surface area (Å²) in [6.45, 7) is 4.47. The second-order valence-corrected chi connectivity index (χ2v) is 4.71. The Balaban J connectivity index is 2.86. The molecule has 0 fully saturated rings. The van der Waals surface area contributed by atoms with E-state index >= 15 is 0 Å². The molecule has 0 radical (unpaired) electrons. The van der Waals surface area contributed by atoms with Gasteiger partial charge in [-0.2, -0.15) is 0 Å². The van der Waals surface area contributed by atoms with Gasteiger partial charge < -0.3 is 15.4 Å². The van der Waals surface area contributed by atoms with Crippen molar-refractivity contribution in [2.45, 2.75) is 13.8 Å². The topological polar surface area (TPSA) is 72.6 Å². The summed E-state index contributed by atoms with van der Waals surface area (Å²) in [5.74, 6) is 4.97. The fourth-order valence-corrected chi connectivity index (χ4v) is 2.37. The van der Waals surface area contributed by atoms with Crippen molar-refractivity contribution in [3.8, 4) is 11.8 Å². The maximum atomic E-state index is 12.4. The molecule has 0 unspecified atom stereocenters. The third-order valence-electron chi connectivity index (χ3n) is 2.48. The Morgan fingerprint density at radius 1 is 1.45 bits per heavy atom. The van der Waals surface area contributed by atoms with Crippen LogP contribution in [0.4, 0.5) is 0 Å². The number of nitrogens with zero attached hydrogens (tertiary/aromatic N) is 1. The van der Waals surface area contributed by atoms with Gasteiger partial charge in [0.15, 0.2) is 0 Å². The summed E-state index contributed by atoms with van der Waals surface area (Å²) in [6, 6.07) is 1.78. The molecule has 108 valence electrons. The molecule has 0 atom stereocenters. The number of ether oxygens (including phenoxy) is 1. The van der Waals surface area contributed by atoms with Crippen molar-refractivity contribution >= 4 is 23.2 Å². The van der Waals surface area contributed by atoms with Crippen molar-refractivity contribution in [1.82, 2.24) is 4.90 Å². The number of nitrogens with two attached hydrogens (primary N) is 1. The minimum atomic E-state index is -0.408. The Bertz CT molecular complexity index is 528. The van der Waals surface area contributed by atoms with Crippen molar-refractivity contribution in [2.24, 2.45) is 5.73 Å². The standard InChI is InChI=1S/C14H18N2O3S/c1-3-16(10-12(17)19-4-2)14(18)13-11(6-5-8-15)7-9-20-13/h7,9H,3-4,8,10,15H2,1-2H3. The third-order valence-corrected chi connectivity index (χ3v) is 3.38. The van der Waals surface area contributed by atoms with E-state index in [1.54, 1.807) is 18.4 Å². The van der Waals surface area contributed by atoms with E-state index in [9.17, 15) is 9.59 Å². The molecule has 0 saturated heterocycles. The predicted octanol–water partition coefficient (Wildman–Crippen LogP) is 1.08. The lowest BCUT2D eigenvalue weighted by atomic mass is 10.2. The van der Waals surface area contributed by atoms with Crippen LogP contribution in [0.3, 0.4) is 0 Å². The first-order valence-corrected chi connectivity index (χ1v) is 7.23. The highest BCUT2D eigenvalue weighted by molar-refractivity contribution is 7.12. The number of hydrogen-bond donors (Lipinski definition) is 1. The van der Waals surface area contributed by atoms with E-state index in [2.05, 4.69) is 11.8 Å². The minimum Gasteiger partial charge on any atom is -0.465 e. The SMILES string of the molecule is CCOC(=O)CN(CC)C(=O)c1sccc1C#CCN. The maximum Gasteiger partial charge on any atom is 0.325 e. The van der Waals surface area contributed by atoms with Crippen LogP contribution in [0.2, 0.25) is 0 Å². The number of hydrogen-bond acceptors (Lipinski definition) is 5. The normalized spacial score (nSPS) is 9.55. The van der Waals surface area contributed by atoms with Crippen LogP contribution >= 0.6 is 11.3 Å². The first-order chi connectivity index (χ1) is 9.63. The monoisotopic (exact) mass is 294 g/mol. The van der Waals surface area contributed by atoms with Gasteiger partial charge in [-0.05, 0) is 25.3 Å². The fourth-order valence-electron chi connectivity index (χ4n) is 1.55. The van der Waals surface area contributed by atoms with E-state index in [-0.39, 0.29) is 19.0 Å². The van der Waals surface area contributed by atoms with E-state index < -0.39 is 5.97 Å². The maximum absolute atomic E-state index is 12.4. The van der Waals surface area contributed by atoms with Crippen LogP contribution in [-0.2, 0) is 9.53 Å². The van der Waals surface area contributed by atoms with E-state index in [1.165, 1.54) is 16.2 Å². The highest BCUT2D eigenvalue weighted by Crippen LogP contribution is 2.18. The molecule has 1 rings (SSSR count). The lowest BCUT2D eigenvalue weighted by Gasteiger charge is -2.19. The molecule has 5 nitrogen and oxygen atoms in total. The summed E-state index contributed by atoms with van der Waals surface area (Å²) < 4.78 is 4.86. The average molecular weight is 294 g/mol. The Labute approximate surface area is 122 Å². The highest BCUT2D eigenvalue weighted by atomic mass is 32.1. The number of amides is 1. The Morgan fingerprint density at radius 3 is 2.80 bits per heavy atom. The van der Waals surface area contributed by atoms with Gasteiger partial charge in [-0.1, -0.05) is 11.8 Å². The van der Waals surface area contributed by atoms with E-state index in [1.807, 2.05) is 6.92 Å². The molecule has 1 aromatic heterocycles. The minimum absolute atomic E-state index is 0.0508. The van der Waals surface area contributed by atoms with Gasteiger partial charge in [0.2, 0.25) is 0 Å². The fraction of sp³-hybridized carbons (Fsp3) is 0.429. The summed E-state index contributed by atoms with van der Waals surface area (Å²) in [4.78, 5) is 25.8. The van der Waals surface area contributed by atoms with Gasteiger partial charge in [0, 0.05) is 12.1 Å².